The topological polar surface area (TPSA) is 74.3 Å². The van der Waals surface area contributed by atoms with Crippen molar-refractivity contribution in [2.75, 3.05) is 18.1 Å². The zero-order valence-electron chi connectivity index (χ0n) is 18.3. The Kier molecular flexibility index (Phi) is 5.17. The molecule has 0 radical (unpaired) electrons. The van der Waals surface area contributed by atoms with Gasteiger partial charge in [-0.1, -0.05) is 20.8 Å². The molecule has 0 bridgehead atoms. The van der Waals surface area contributed by atoms with Crippen molar-refractivity contribution in [2.45, 2.75) is 40.8 Å². The number of benzene rings is 1. The lowest BCUT2D eigenvalue weighted by Gasteiger charge is -2.33. The molecule has 1 aliphatic rings. The molecule has 1 aromatic carbocycles. The number of aryl methyl sites for hydroxylation is 1. The molecule has 0 aliphatic carbocycles. The van der Waals surface area contributed by atoms with Gasteiger partial charge in [0.15, 0.2) is 11.2 Å². The number of imidazole rings is 1. The average molecular weight is 412 g/mol. The highest BCUT2D eigenvalue weighted by Crippen LogP contribution is 2.33. The van der Waals surface area contributed by atoms with Gasteiger partial charge in [0.1, 0.15) is 5.75 Å². The van der Waals surface area contributed by atoms with E-state index in [-0.39, 0.29) is 17.2 Å². The Morgan fingerprint density at radius 1 is 1.17 bits per heavy atom. The van der Waals surface area contributed by atoms with Gasteiger partial charge in [0, 0.05) is 32.4 Å². The SMILES string of the molecule is CCOc1ccc(N2C[C@@H](C)Cn3c2nc2c3c(=O)n(CC(C)C)c(=O)n2C)cc1. The third kappa shape index (κ3) is 3.30. The highest BCUT2D eigenvalue weighted by molar-refractivity contribution is 5.77. The zero-order valence-corrected chi connectivity index (χ0v) is 18.3. The quantitative estimate of drug-likeness (QED) is 0.645. The molecule has 0 N–H and O–H groups in total. The van der Waals surface area contributed by atoms with Crippen LogP contribution in [0.1, 0.15) is 27.7 Å². The molecule has 1 atom stereocenters. The number of fused-ring (bicyclic) bond motifs is 3. The summed E-state index contributed by atoms with van der Waals surface area (Å²) in [6.07, 6.45) is 0. The molecule has 30 heavy (non-hydrogen) atoms. The van der Waals surface area contributed by atoms with Gasteiger partial charge >= 0.3 is 5.69 Å². The average Bonchev–Trinajstić information content (AvgIpc) is 3.09. The van der Waals surface area contributed by atoms with Crippen LogP contribution in [0.3, 0.4) is 0 Å². The van der Waals surface area contributed by atoms with Gasteiger partial charge < -0.3 is 14.2 Å². The van der Waals surface area contributed by atoms with Crippen LogP contribution in [0.4, 0.5) is 11.6 Å². The van der Waals surface area contributed by atoms with E-state index in [1.54, 1.807) is 7.05 Å². The minimum absolute atomic E-state index is 0.191. The molecule has 1 aliphatic heterocycles. The normalized spacial score (nSPS) is 16.3. The van der Waals surface area contributed by atoms with E-state index in [0.29, 0.717) is 42.7 Å². The fourth-order valence-electron chi connectivity index (χ4n) is 4.14. The Morgan fingerprint density at radius 3 is 2.50 bits per heavy atom. The summed E-state index contributed by atoms with van der Waals surface area (Å²) in [6, 6.07) is 7.89. The summed E-state index contributed by atoms with van der Waals surface area (Å²) in [7, 11) is 1.69. The first-order chi connectivity index (χ1) is 14.3. The van der Waals surface area contributed by atoms with Gasteiger partial charge in [-0.25, -0.2) is 4.79 Å². The summed E-state index contributed by atoms with van der Waals surface area (Å²) in [5.41, 5.74) is 1.33. The number of hydrogen-bond acceptors (Lipinski definition) is 5. The molecule has 0 saturated heterocycles. The van der Waals surface area contributed by atoms with Crippen LogP contribution in [-0.2, 0) is 20.1 Å². The summed E-state index contributed by atoms with van der Waals surface area (Å²) >= 11 is 0. The van der Waals surface area contributed by atoms with E-state index in [1.165, 1.54) is 9.13 Å². The van der Waals surface area contributed by atoms with Gasteiger partial charge in [-0.05, 0) is 43.0 Å². The summed E-state index contributed by atoms with van der Waals surface area (Å²) in [6.45, 7) is 10.6. The lowest BCUT2D eigenvalue weighted by atomic mass is 10.1. The smallest absolute Gasteiger partial charge is 0.332 e. The highest BCUT2D eigenvalue weighted by Gasteiger charge is 2.29. The standard InChI is InChI=1S/C22H29N5O3/c1-6-30-17-9-7-16(8-10-17)25-12-15(4)13-26-18-19(23-21(25)26)24(5)22(29)27(20(18)28)11-14(2)3/h7-10,14-15H,6,11-13H2,1-5H3/t15-/m1/s1. The number of hydrogen-bond donors (Lipinski definition) is 0. The van der Waals surface area contributed by atoms with E-state index >= 15 is 0 Å². The maximum atomic E-state index is 13.3. The first-order valence-corrected chi connectivity index (χ1v) is 10.5. The van der Waals surface area contributed by atoms with Crippen molar-refractivity contribution in [3.8, 4) is 5.75 Å². The van der Waals surface area contributed by atoms with E-state index in [4.69, 9.17) is 9.72 Å². The second-order valence-corrected chi connectivity index (χ2v) is 8.49. The monoisotopic (exact) mass is 411 g/mol. The van der Waals surface area contributed by atoms with Crippen LogP contribution in [0.25, 0.3) is 11.2 Å². The molecule has 3 heterocycles. The predicted octanol–water partition coefficient (Wildman–Crippen LogP) is 2.74. The molecular weight excluding hydrogens is 382 g/mol. The van der Waals surface area contributed by atoms with Gasteiger partial charge in [0.05, 0.1) is 6.61 Å². The summed E-state index contributed by atoms with van der Waals surface area (Å²) in [4.78, 5) is 33.0. The molecule has 4 rings (SSSR count). The van der Waals surface area contributed by atoms with Crippen molar-refractivity contribution in [3.63, 3.8) is 0 Å². The van der Waals surface area contributed by atoms with E-state index in [1.807, 2.05) is 49.6 Å². The fraction of sp³-hybridized carbons (Fsp3) is 0.500. The molecule has 0 spiro atoms. The Balaban J connectivity index is 1.91. The largest absolute Gasteiger partial charge is 0.494 e. The number of aromatic nitrogens is 4. The molecule has 0 fully saturated rings. The lowest BCUT2D eigenvalue weighted by molar-refractivity contribution is 0.340. The minimum Gasteiger partial charge on any atom is -0.494 e. The van der Waals surface area contributed by atoms with Gasteiger partial charge in [-0.15, -0.1) is 0 Å². The van der Waals surface area contributed by atoms with Crippen LogP contribution in [-0.4, -0.2) is 31.8 Å². The van der Waals surface area contributed by atoms with Crippen LogP contribution in [0, 0.1) is 11.8 Å². The second-order valence-electron chi connectivity index (χ2n) is 8.49. The van der Waals surface area contributed by atoms with Crippen molar-refractivity contribution in [2.24, 2.45) is 18.9 Å². The molecule has 0 unspecified atom stereocenters. The van der Waals surface area contributed by atoms with Gasteiger partial charge in [0.25, 0.3) is 5.56 Å². The molecule has 8 nitrogen and oxygen atoms in total. The third-order valence-electron chi connectivity index (χ3n) is 5.45. The lowest BCUT2D eigenvalue weighted by Crippen LogP contribution is -2.41. The maximum absolute atomic E-state index is 13.3. The van der Waals surface area contributed by atoms with Crippen molar-refractivity contribution >= 4 is 22.8 Å². The second kappa shape index (κ2) is 7.66. The van der Waals surface area contributed by atoms with E-state index < -0.39 is 0 Å². The number of anilines is 2. The Hall–Kier alpha value is -3.03. The Labute approximate surface area is 175 Å². The number of ether oxygens (including phenoxy) is 1. The molecule has 0 saturated carbocycles. The van der Waals surface area contributed by atoms with Crippen LogP contribution < -0.4 is 20.9 Å². The number of rotatable bonds is 5. The molecule has 160 valence electrons. The van der Waals surface area contributed by atoms with Crippen LogP contribution >= 0.6 is 0 Å². The highest BCUT2D eigenvalue weighted by atomic mass is 16.5. The van der Waals surface area contributed by atoms with Crippen molar-refractivity contribution in [3.05, 3.63) is 45.1 Å². The molecule has 2 aromatic heterocycles. The first-order valence-electron chi connectivity index (χ1n) is 10.5. The Morgan fingerprint density at radius 2 is 1.87 bits per heavy atom. The van der Waals surface area contributed by atoms with E-state index in [2.05, 4.69) is 11.8 Å². The van der Waals surface area contributed by atoms with Crippen LogP contribution in [0.5, 0.6) is 5.75 Å². The fourth-order valence-corrected chi connectivity index (χ4v) is 4.14. The first kappa shape index (κ1) is 20.3. The molecule has 8 heteroatoms. The third-order valence-corrected chi connectivity index (χ3v) is 5.45. The maximum Gasteiger partial charge on any atom is 0.332 e. The van der Waals surface area contributed by atoms with E-state index in [9.17, 15) is 9.59 Å². The van der Waals surface area contributed by atoms with Gasteiger partial charge in [-0.3, -0.25) is 13.9 Å². The van der Waals surface area contributed by atoms with Gasteiger partial charge in [0.2, 0.25) is 5.95 Å². The molecule has 0 amide bonds. The predicted molar refractivity (Wildman–Crippen MR) is 118 cm³/mol. The van der Waals surface area contributed by atoms with Crippen LogP contribution in [0.15, 0.2) is 33.9 Å². The van der Waals surface area contributed by atoms with Crippen molar-refractivity contribution in [1.82, 2.24) is 18.7 Å². The van der Waals surface area contributed by atoms with E-state index in [0.717, 1.165) is 18.0 Å². The summed E-state index contributed by atoms with van der Waals surface area (Å²) in [5, 5.41) is 0. The van der Waals surface area contributed by atoms with Crippen molar-refractivity contribution < 1.29 is 4.74 Å². The summed E-state index contributed by atoms with van der Waals surface area (Å²) in [5.74, 6) is 2.02. The molecular formula is C22H29N5O3. The van der Waals surface area contributed by atoms with Gasteiger partial charge in [-0.2, -0.15) is 4.98 Å². The van der Waals surface area contributed by atoms with Crippen molar-refractivity contribution in [1.29, 1.82) is 0 Å². The van der Waals surface area contributed by atoms with Crippen LogP contribution in [0.2, 0.25) is 0 Å². The Bertz CT molecular complexity index is 1190. The number of nitrogens with zero attached hydrogens (tertiary/aromatic N) is 5. The minimum atomic E-state index is -0.322. The zero-order chi connectivity index (χ0) is 21.6. The molecule has 3 aromatic rings. The summed E-state index contributed by atoms with van der Waals surface area (Å²) < 4.78 is 10.4.